The van der Waals surface area contributed by atoms with Gasteiger partial charge >= 0.3 is 0 Å². The van der Waals surface area contributed by atoms with E-state index < -0.39 is 0 Å². The number of hydrogen-bond donors (Lipinski definition) is 1. The molecule has 17 heavy (non-hydrogen) atoms. The minimum Gasteiger partial charge on any atom is -0.314 e. The smallest absolute Gasteiger partial charge is 0.0541 e. The number of hydrogen-bond acceptors (Lipinski definition) is 2. The van der Waals surface area contributed by atoms with E-state index in [2.05, 4.69) is 38.8 Å². The third kappa shape index (κ3) is 3.10. The van der Waals surface area contributed by atoms with Crippen molar-refractivity contribution in [3.05, 3.63) is 45.9 Å². The van der Waals surface area contributed by atoms with E-state index in [1.807, 2.05) is 18.2 Å². The Morgan fingerprint density at radius 3 is 2.71 bits per heavy atom. The minimum atomic E-state index is 0.253. The summed E-state index contributed by atoms with van der Waals surface area (Å²) in [5, 5.41) is 4.11. The molecule has 1 aliphatic heterocycles. The van der Waals surface area contributed by atoms with Gasteiger partial charge in [0.05, 0.1) is 6.04 Å². The number of piperazine rings is 1. The van der Waals surface area contributed by atoms with Gasteiger partial charge in [-0.3, -0.25) is 4.90 Å². The summed E-state index contributed by atoms with van der Waals surface area (Å²) in [7, 11) is 0. The van der Waals surface area contributed by atoms with E-state index in [0.717, 1.165) is 35.7 Å². The van der Waals surface area contributed by atoms with Gasteiger partial charge in [0.25, 0.3) is 0 Å². The maximum atomic E-state index is 5.97. The standard InChI is InChI=1S/C13H16BrClN2/c1-2-13(17-7-5-16-6-8-17)11-4-3-10(15)9-12(11)14/h2-4,9,13,16H,1,5-8H2/t13-/m1/s1. The molecule has 0 spiro atoms. The Hall–Kier alpha value is -0.350. The molecule has 0 aromatic heterocycles. The SMILES string of the molecule is C=C[C@H](c1ccc(Cl)cc1Br)N1CCNCC1. The number of halogens is 2. The van der Waals surface area contributed by atoms with Crippen molar-refractivity contribution in [2.75, 3.05) is 26.2 Å². The van der Waals surface area contributed by atoms with Crippen molar-refractivity contribution in [1.82, 2.24) is 10.2 Å². The van der Waals surface area contributed by atoms with Gasteiger partial charge in [-0.05, 0) is 17.7 Å². The molecule has 2 rings (SSSR count). The van der Waals surface area contributed by atoms with Gasteiger partial charge in [-0.2, -0.15) is 0 Å². The molecule has 1 aliphatic rings. The number of rotatable bonds is 3. The summed E-state index contributed by atoms with van der Waals surface area (Å²) in [5.74, 6) is 0. The molecule has 1 aromatic carbocycles. The van der Waals surface area contributed by atoms with Crippen molar-refractivity contribution in [2.24, 2.45) is 0 Å². The van der Waals surface area contributed by atoms with Crippen LogP contribution in [0.5, 0.6) is 0 Å². The second kappa shape index (κ2) is 6.01. The van der Waals surface area contributed by atoms with Gasteiger partial charge in [-0.15, -0.1) is 6.58 Å². The molecule has 2 nitrogen and oxygen atoms in total. The van der Waals surface area contributed by atoms with Crippen LogP contribution in [0.1, 0.15) is 11.6 Å². The van der Waals surface area contributed by atoms with E-state index in [4.69, 9.17) is 11.6 Å². The first-order valence-corrected chi connectivity index (χ1v) is 6.91. The summed E-state index contributed by atoms with van der Waals surface area (Å²) >= 11 is 9.55. The lowest BCUT2D eigenvalue weighted by molar-refractivity contribution is 0.203. The first kappa shape index (κ1) is 13.1. The van der Waals surface area contributed by atoms with E-state index in [-0.39, 0.29) is 6.04 Å². The van der Waals surface area contributed by atoms with Gasteiger partial charge in [-0.1, -0.05) is 39.7 Å². The Labute approximate surface area is 116 Å². The van der Waals surface area contributed by atoms with E-state index in [9.17, 15) is 0 Å². The lowest BCUT2D eigenvalue weighted by Crippen LogP contribution is -2.44. The van der Waals surface area contributed by atoms with Gasteiger partial charge in [-0.25, -0.2) is 0 Å². The molecule has 1 aromatic rings. The lowest BCUT2D eigenvalue weighted by Gasteiger charge is -2.33. The predicted molar refractivity (Wildman–Crippen MR) is 76.5 cm³/mol. The second-order valence-corrected chi connectivity index (χ2v) is 5.42. The van der Waals surface area contributed by atoms with Crippen LogP contribution in [0.15, 0.2) is 35.3 Å². The summed E-state index contributed by atoms with van der Waals surface area (Å²) in [6.45, 7) is 8.13. The van der Waals surface area contributed by atoms with Crippen LogP contribution in [0, 0.1) is 0 Å². The number of benzene rings is 1. The number of nitrogens with one attached hydrogen (secondary N) is 1. The Morgan fingerprint density at radius 2 is 2.12 bits per heavy atom. The largest absolute Gasteiger partial charge is 0.314 e. The third-order valence-electron chi connectivity index (χ3n) is 3.05. The molecule has 0 unspecified atom stereocenters. The summed E-state index contributed by atoms with van der Waals surface area (Å²) in [4.78, 5) is 2.43. The molecule has 1 atom stereocenters. The van der Waals surface area contributed by atoms with Crippen LogP contribution >= 0.6 is 27.5 Å². The Bertz CT molecular complexity index is 402. The van der Waals surface area contributed by atoms with Gasteiger partial charge in [0.15, 0.2) is 0 Å². The second-order valence-electron chi connectivity index (χ2n) is 4.13. The van der Waals surface area contributed by atoms with Crippen LogP contribution in [0.3, 0.4) is 0 Å². The van der Waals surface area contributed by atoms with Crippen LogP contribution in [0.25, 0.3) is 0 Å². The molecule has 1 heterocycles. The molecule has 4 heteroatoms. The highest BCUT2D eigenvalue weighted by Gasteiger charge is 2.21. The number of nitrogens with zero attached hydrogens (tertiary/aromatic N) is 1. The normalized spacial score (nSPS) is 18.9. The summed E-state index contributed by atoms with van der Waals surface area (Å²) < 4.78 is 1.05. The molecule has 1 saturated heterocycles. The van der Waals surface area contributed by atoms with E-state index in [1.54, 1.807) is 0 Å². The topological polar surface area (TPSA) is 15.3 Å². The van der Waals surface area contributed by atoms with Crippen LogP contribution in [0.2, 0.25) is 5.02 Å². The van der Waals surface area contributed by atoms with E-state index >= 15 is 0 Å². The average Bonchev–Trinajstić information content (AvgIpc) is 2.34. The molecule has 0 radical (unpaired) electrons. The molecule has 0 bridgehead atoms. The van der Waals surface area contributed by atoms with Crippen LogP contribution in [0.4, 0.5) is 0 Å². The highest BCUT2D eigenvalue weighted by Crippen LogP contribution is 2.31. The molecule has 0 aliphatic carbocycles. The minimum absolute atomic E-state index is 0.253. The van der Waals surface area contributed by atoms with Crippen molar-refractivity contribution in [3.8, 4) is 0 Å². The van der Waals surface area contributed by atoms with Crippen molar-refractivity contribution in [2.45, 2.75) is 6.04 Å². The average molecular weight is 316 g/mol. The first-order valence-electron chi connectivity index (χ1n) is 5.74. The fourth-order valence-corrected chi connectivity index (χ4v) is 3.09. The fraction of sp³-hybridized carbons (Fsp3) is 0.385. The quantitative estimate of drug-likeness (QED) is 0.862. The lowest BCUT2D eigenvalue weighted by atomic mass is 10.0. The Kier molecular flexibility index (Phi) is 4.62. The summed E-state index contributed by atoms with van der Waals surface area (Å²) in [6.07, 6.45) is 2.00. The highest BCUT2D eigenvalue weighted by atomic mass is 79.9. The maximum Gasteiger partial charge on any atom is 0.0541 e. The van der Waals surface area contributed by atoms with Gasteiger partial charge in [0.2, 0.25) is 0 Å². The monoisotopic (exact) mass is 314 g/mol. The zero-order chi connectivity index (χ0) is 12.3. The van der Waals surface area contributed by atoms with Gasteiger partial charge < -0.3 is 5.32 Å². The van der Waals surface area contributed by atoms with Gasteiger partial charge in [0.1, 0.15) is 0 Å². The van der Waals surface area contributed by atoms with Crippen molar-refractivity contribution in [1.29, 1.82) is 0 Å². The van der Waals surface area contributed by atoms with Crippen molar-refractivity contribution < 1.29 is 0 Å². The fourth-order valence-electron chi connectivity index (χ4n) is 2.17. The Morgan fingerprint density at radius 1 is 1.41 bits per heavy atom. The van der Waals surface area contributed by atoms with Crippen molar-refractivity contribution in [3.63, 3.8) is 0 Å². The van der Waals surface area contributed by atoms with E-state index in [1.165, 1.54) is 5.56 Å². The first-order chi connectivity index (χ1) is 8.22. The molecule has 1 N–H and O–H groups in total. The zero-order valence-corrected chi connectivity index (χ0v) is 12.0. The molecular weight excluding hydrogens is 300 g/mol. The van der Waals surface area contributed by atoms with Gasteiger partial charge in [0, 0.05) is 35.7 Å². The van der Waals surface area contributed by atoms with E-state index in [0.29, 0.717) is 0 Å². The molecule has 1 fully saturated rings. The predicted octanol–water partition coefficient (Wildman–Crippen LogP) is 3.23. The van der Waals surface area contributed by atoms with Crippen LogP contribution in [-0.4, -0.2) is 31.1 Å². The van der Waals surface area contributed by atoms with Crippen molar-refractivity contribution >= 4 is 27.5 Å². The highest BCUT2D eigenvalue weighted by molar-refractivity contribution is 9.10. The molecule has 0 amide bonds. The Balaban J connectivity index is 2.24. The van der Waals surface area contributed by atoms with Crippen LogP contribution < -0.4 is 5.32 Å². The summed E-state index contributed by atoms with van der Waals surface area (Å²) in [5.41, 5.74) is 1.23. The van der Waals surface area contributed by atoms with Crippen LogP contribution in [-0.2, 0) is 0 Å². The zero-order valence-electron chi connectivity index (χ0n) is 9.63. The molecule has 92 valence electrons. The maximum absolute atomic E-state index is 5.97. The molecular formula is C13H16BrClN2. The molecule has 0 saturated carbocycles. The summed E-state index contributed by atoms with van der Waals surface area (Å²) in [6, 6.07) is 6.19. The third-order valence-corrected chi connectivity index (χ3v) is 3.97.